The van der Waals surface area contributed by atoms with E-state index in [0.717, 1.165) is 11.1 Å². The molecule has 0 rings (SSSR count). The Bertz CT molecular complexity index is 316. The average molecular weight is 201 g/mol. The van der Waals surface area contributed by atoms with E-state index in [-0.39, 0.29) is 6.04 Å². The van der Waals surface area contributed by atoms with Crippen LogP contribution in [0.5, 0.6) is 0 Å². The van der Waals surface area contributed by atoms with E-state index in [0.29, 0.717) is 0 Å². The first-order valence-corrected chi connectivity index (χ1v) is 4.87. The average Bonchev–Trinajstić information content (AvgIpc) is 2.26. The summed E-state index contributed by atoms with van der Waals surface area (Å²) in [5.41, 5.74) is 7.94. The van der Waals surface area contributed by atoms with Gasteiger partial charge < -0.3 is 5.73 Å². The number of hydrogen-bond donors (Lipinski definition) is 1. The maximum atomic E-state index is 6.05. The largest absolute Gasteiger partial charge is 0.320 e. The van der Waals surface area contributed by atoms with E-state index >= 15 is 0 Å². The molecule has 0 spiro atoms. The molecule has 0 fully saturated rings. The smallest absolute Gasteiger partial charge is 0.0551 e. The number of allylic oxidation sites excluding steroid dienone is 5. The van der Waals surface area contributed by atoms with Crippen molar-refractivity contribution in [1.82, 2.24) is 0 Å². The molecule has 0 bridgehead atoms. The highest BCUT2D eigenvalue weighted by Crippen LogP contribution is 2.12. The highest BCUT2D eigenvalue weighted by Gasteiger charge is 2.07. The Balaban J connectivity index is 5.00. The molecule has 1 atom stereocenters. The minimum absolute atomic E-state index is 0.200. The van der Waals surface area contributed by atoms with Crippen LogP contribution in [0.2, 0.25) is 0 Å². The molecule has 0 aromatic rings. The summed E-state index contributed by atoms with van der Waals surface area (Å²) in [7, 11) is 0. The lowest BCUT2D eigenvalue weighted by Gasteiger charge is -2.13. The zero-order chi connectivity index (χ0) is 11.7. The summed E-state index contributed by atoms with van der Waals surface area (Å²) < 4.78 is 0. The SMILES string of the molecule is C=C/C=C(\C=C)C(N)/C(C=C)=C/C=C\C. The maximum absolute atomic E-state index is 6.05. The lowest BCUT2D eigenvalue weighted by atomic mass is 9.98. The zero-order valence-electron chi connectivity index (χ0n) is 9.32. The van der Waals surface area contributed by atoms with E-state index in [4.69, 9.17) is 5.73 Å². The highest BCUT2D eigenvalue weighted by atomic mass is 14.6. The van der Waals surface area contributed by atoms with Crippen LogP contribution in [0, 0.1) is 0 Å². The molecule has 0 saturated carbocycles. The molecule has 1 nitrogen and oxygen atoms in total. The van der Waals surface area contributed by atoms with Crippen molar-refractivity contribution < 1.29 is 0 Å². The standard InChI is InChI=1S/C14H19N/c1-5-9-11-13(8-4)14(15)12(7-3)10-6-2/h5-11,14H,2-4,15H2,1H3/b9-5-,12-10+,13-11+. The Morgan fingerprint density at radius 1 is 1.07 bits per heavy atom. The zero-order valence-corrected chi connectivity index (χ0v) is 9.32. The number of rotatable bonds is 6. The van der Waals surface area contributed by atoms with Crippen LogP contribution in [0.1, 0.15) is 6.92 Å². The van der Waals surface area contributed by atoms with Gasteiger partial charge in [-0.15, -0.1) is 0 Å². The summed E-state index contributed by atoms with van der Waals surface area (Å²) in [6.45, 7) is 13.1. The second-order valence-electron chi connectivity index (χ2n) is 2.98. The van der Waals surface area contributed by atoms with Crippen LogP contribution in [-0.4, -0.2) is 6.04 Å². The molecule has 0 aromatic heterocycles. The number of hydrogen-bond acceptors (Lipinski definition) is 1. The van der Waals surface area contributed by atoms with Crippen LogP contribution in [0.25, 0.3) is 0 Å². The molecule has 1 unspecified atom stereocenters. The molecule has 0 heterocycles. The molecule has 0 aromatic carbocycles. The monoisotopic (exact) mass is 201 g/mol. The van der Waals surface area contributed by atoms with Crippen molar-refractivity contribution in [3.05, 3.63) is 73.4 Å². The topological polar surface area (TPSA) is 26.0 Å². The Kier molecular flexibility index (Phi) is 6.94. The van der Waals surface area contributed by atoms with Crippen molar-refractivity contribution in [2.45, 2.75) is 13.0 Å². The third kappa shape index (κ3) is 4.43. The summed E-state index contributed by atoms with van der Waals surface area (Å²) in [4.78, 5) is 0. The Hall–Kier alpha value is -1.60. The van der Waals surface area contributed by atoms with Gasteiger partial charge in [0, 0.05) is 0 Å². The van der Waals surface area contributed by atoms with Crippen molar-refractivity contribution in [3.8, 4) is 0 Å². The van der Waals surface area contributed by atoms with E-state index in [2.05, 4.69) is 19.7 Å². The second-order valence-corrected chi connectivity index (χ2v) is 2.98. The summed E-state index contributed by atoms with van der Waals surface area (Å²) >= 11 is 0. The Labute approximate surface area is 92.7 Å². The first-order valence-electron chi connectivity index (χ1n) is 4.87. The molecule has 0 aliphatic heterocycles. The molecule has 0 aliphatic carbocycles. The van der Waals surface area contributed by atoms with Crippen molar-refractivity contribution in [2.24, 2.45) is 5.73 Å². The molecular formula is C14H19N. The van der Waals surface area contributed by atoms with Gasteiger partial charge in [0.2, 0.25) is 0 Å². The fraction of sp³-hybridized carbons (Fsp3) is 0.143. The molecule has 80 valence electrons. The molecule has 0 saturated heterocycles. The molecular weight excluding hydrogens is 182 g/mol. The predicted octanol–water partition coefficient (Wildman–Crippen LogP) is 3.30. The van der Waals surface area contributed by atoms with E-state index < -0.39 is 0 Å². The third-order valence-electron chi connectivity index (χ3n) is 1.98. The molecule has 2 N–H and O–H groups in total. The van der Waals surface area contributed by atoms with Gasteiger partial charge in [-0.3, -0.25) is 0 Å². The van der Waals surface area contributed by atoms with Gasteiger partial charge in [0.1, 0.15) is 0 Å². The minimum Gasteiger partial charge on any atom is -0.320 e. The van der Waals surface area contributed by atoms with E-state index in [9.17, 15) is 0 Å². The van der Waals surface area contributed by atoms with Crippen LogP contribution in [0.15, 0.2) is 73.4 Å². The third-order valence-corrected chi connectivity index (χ3v) is 1.98. The summed E-state index contributed by atoms with van der Waals surface area (Å²) in [6.07, 6.45) is 12.9. The van der Waals surface area contributed by atoms with Crippen molar-refractivity contribution in [1.29, 1.82) is 0 Å². The van der Waals surface area contributed by atoms with E-state index in [1.807, 2.05) is 31.2 Å². The first kappa shape index (κ1) is 13.4. The molecule has 15 heavy (non-hydrogen) atoms. The van der Waals surface area contributed by atoms with Crippen LogP contribution in [-0.2, 0) is 0 Å². The molecule has 0 amide bonds. The molecule has 0 radical (unpaired) electrons. The highest BCUT2D eigenvalue weighted by molar-refractivity contribution is 5.40. The fourth-order valence-corrected chi connectivity index (χ4v) is 1.13. The van der Waals surface area contributed by atoms with Crippen molar-refractivity contribution in [2.75, 3.05) is 0 Å². The lowest BCUT2D eigenvalue weighted by Crippen LogP contribution is -2.23. The maximum Gasteiger partial charge on any atom is 0.0551 e. The molecule has 1 heteroatoms. The first-order chi connectivity index (χ1) is 7.21. The second kappa shape index (κ2) is 7.77. The molecule has 0 aliphatic rings. The van der Waals surface area contributed by atoms with Crippen LogP contribution in [0.3, 0.4) is 0 Å². The Morgan fingerprint density at radius 3 is 2.00 bits per heavy atom. The van der Waals surface area contributed by atoms with Gasteiger partial charge in [-0.05, 0) is 18.1 Å². The van der Waals surface area contributed by atoms with Gasteiger partial charge in [-0.2, -0.15) is 0 Å². The van der Waals surface area contributed by atoms with Gasteiger partial charge in [0.15, 0.2) is 0 Å². The van der Waals surface area contributed by atoms with Gasteiger partial charge >= 0.3 is 0 Å². The summed E-state index contributed by atoms with van der Waals surface area (Å²) in [6, 6.07) is -0.200. The Morgan fingerprint density at radius 2 is 1.60 bits per heavy atom. The van der Waals surface area contributed by atoms with Crippen molar-refractivity contribution in [3.63, 3.8) is 0 Å². The van der Waals surface area contributed by atoms with Gasteiger partial charge in [-0.25, -0.2) is 0 Å². The van der Waals surface area contributed by atoms with Crippen LogP contribution in [0.4, 0.5) is 0 Å². The van der Waals surface area contributed by atoms with Crippen molar-refractivity contribution >= 4 is 0 Å². The normalized spacial score (nSPS) is 15.1. The van der Waals surface area contributed by atoms with Gasteiger partial charge in [-0.1, -0.05) is 62.3 Å². The fourth-order valence-electron chi connectivity index (χ4n) is 1.13. The van der Waals surface area contributed by atoms with Gasteiger partial charge in [0.25, 0.3) is 0 Å². The quantitative estimate of drug-likeness (QED) is 0.656. The van der Waals surface area contributed by atoms with Crippen LogP contribution >= 0.6 is 0 Å². The van der Waals surface area contributed by atoms with E-state index in [1.54, 1.807) is 18.2 Å². The predicted molar refractivity (Wildman–Crippen MR) is 69.5 cm³/mol. The number of nitrogens with two attached hydrogens (primary N) is 1. The van der Waals surface area contributed by atoms with Gasteiger partial charge in [0.05, 0.1) is 6.04 Å². The summed E-state index contributed by atoms with van der Waals surface area (Å²) in [5, 5.41) is 0. The summed E-state index contributed by atoms with van der Waals surface area (Å²) in [5.74, 6) is 0. The van der Waals surface area contributed by atoms with Crippen LogP contribution < -0.4 is 5.73 Å². The van der Waals surface area contributed by atoms with E-state index in [1.165, 1.54) is 0 Å². The minimum atomic E-state index is -0.200. The lowest BCUT2D eigenvalue weighted by molar-refractivity contribution is 0.938.